The van der Waals surface area contributed by atoms with E-state index in [0.29, 0.717) is 23.6 Å². The predicted molar refractivity (Wildman–Crippen MR) is 84.7 cm³/mol. The number of benzene rings is 1. The van der Waals surface area contributed by atoms with Gasteiger partial charge >= 0.3 is 0 Å². The first-order chi connectivity index (χ1) is 10.5. The van der Waals surface area contributed by atoms with Crippen LogP contribution in [0.15, 0.2) is 18.2 Å². The van der Waals surface area contributed by atoms with Crippen LogP contribution in [0.5, 0.6) is 11.5 Å². The Hall–Kier alpha value is -1.75. The molecule has 1 aromatic carbocycles. The van der Waals surface area contributed by atoms with Gasteiger partial charge in [-0.15, -0.1) is 0 Å². The van der Waals surface area contributed by atoms with Crippen LogP contribution in [0.4, 0.5) is 0 Å². The summed E-state index contributed by atoms with van der Waals surface area (Å²) in [5, 5.41) is 0. The van der Waals surface area contributed by atoms with E-state index in [1.54, 1.807) is 37.3 Å². The molecule has 0 unspecified atom stereocenters. The molecule has 1 aliphatic rings. The van der Waals surface area contributed by atoms with Crippen LogP contribution in [0.3, 0.4) is 0 Å². The number of carbonyl (C=O) groups is 1. The number of methoxy groups -OCH3 is 2. The normalized spacial score (nSPS) is 16.9. The summed E-state index contributed by atoms with van der Waals surface area (Å²) in [5.41, 5.74) is 0.634. The van der Waals surface area contributed by atoms with Crippen molar-refractivity contribution in [1.82, 2.24) is 4.90 Å². The molecule has 0 radical (unpaired) electrons. The number of rotatable bonds is 5. The maximum atomic E-state index is 12.8. The van der Waals surface area contributed by atoms with Gasteiger partial charge in [0.1, 0.15) is 0 Å². The third kappa shape index (κ3) is 3.53. The van der Waals surface area contributed by atoms with Crippen molar-refractivity contribution in [3.63, 3.8) is 0 Å². The minimum atomic E-state index is -0.0523. The zero-order valence-corrected chi connectivity index (χ0v) is 13.8. The van der Waals surface area contributed by atoms with Crippen LogP contribution in [0.1, 0.15) is 30.1 Å². The van der Waals surface area contributed by atoms with E-state index in [1.165, 1.54) is 0 Å². The number of hydrogen-bond acceptors (Lipinski definition) is 4. The van der Waals surface area contributed by atoms with E-state index in [0.717, 1.165) is 26.1 Å². The number of para-hydroxylation sites is 1. The molecule has 0 bridgehead atoms. The minimum absolute atomic E-state index is 0.0523. The molecule has 0 saturated carbocycles. The van der Waals surface area contributed by atoms with E-state index < -0.39 is 0 Å². The van der Waals surface area contributed by atoms with Crippen molar-refractivity contribution in [2.45, 2.75) is 19.8 Å². The Morgan fingerprint density at radius 3 is 2.55 bits per heavy atom. The fraction of sp³-hybridized carbons (Fsp3) is 0.588. The number of hydrogen-bond donors (Lipinski definition) is 0. The highest BCUT2D eigenvalue weighted by Gasteiger charge is 2.31. The molecule has 0 N–H and O–H groups in total. The Labute approximate surface area is 132 Å². The molecule has 0 atom stereocenters. The van der Waals surface area contributed by atoms with Gasteiger partial charge in [-0.2, -0.15) is 0 Å². The van der Waals surface area contributed by atoms with Crippen LogP contribution < -0.4 is 9.47 Å². The van der Waals surface area contributed by atoms with Gasteiger partial charge in [0.05, 0.1) is 19.8 Å². The lowest BCUT2D eigenvalue weighted by Gasteiger charge is -2.37. The highest BCUT2D eigenvalue weighted by molar-refractivity contribution is 5.97. The Kier molecular flexibility index (Phi) is 5.29. The second kappa shape index (κ2) is 7.01. The maximum Gasteiger partial charge on any atom is 0.257 e. The fourth-order valence-electron chi connectivity index (χ4n) is 2.93. The van der Waals surface area contributed by atoms with Gasteiger partial charge in [-0.3, -0.25) is 4.79 Å². The van der Waals surface area contributed by atoms with E-state index in [2.05, 4.69) is 6.92 Å². The number of amides is 1. The van der Waals surface area contributed by atoms with Gasteiger partial charge in [0.25, 0.3) is 5.91 Å². The lowest BCUT2D eigenvalue weighted by atomic mass is 9.82. The Morgan fingerprint density at radius 2 is 1.95 bits per heavy atom. The number of ether oxygens (including phenoxy) is 3. The molecule has 5 nitrogen and oxygen atoms in total. The SMILES string of the molecule is COc1cccc(C(=O)N(C)CC2(C)CCOCC2)c1OC. The second-order valence-electron chi connectivity index (χ2n) is 6.13. The van der Waals surface area contributed by atoms with Crippen LogP contribution >= 0.6 is 0 Å². The van der Waals surface area contributed by atoms with Crippen molar-refractivity contribution in [2.75, 3.05) is 41.0 Å². The molecule has 5 heteroatoms. The molecule has 22 heavy (non-hydrogen) atoms. The number of nitrogens with zero attached hydrogens (tertiary/aromatic N) is 1. The molecule has 1 amide bonds. The average Bonchev–Trinajstić information content (AvgIpc) is 2.53. The largest absolute Gasteiger partial charge is 0.493 e. The summed E-state index contributed by atoms with van der Waals surface area (Å²) in [6.45, 7) is 4.44. The molecule has 2 rings (SSSR count). The van der Waals surface area contributed by atoms with Crippen molar-refractivity contribution in [3.05, 3.63) is 23.8 Å². The molecule has 122 valence electrons. The molecule has 1 aromatic rings. The lowest BCUT2D eigenvalue weighted by molar-refractivity contribution is 0.00911. The third-order valence-electron chi connectivity index (χ3n) is 4.30. The summed E-state index contributed by atoms with van der Waals surface area (Å²) < 4.78 is 16.0. The Balaban J connectivity index is 2.17. The molecule has 0 aromatic heterocycles. The molecule has 1 saturated heterocycles. The molecular weight excluding hydrogens is 282 g/mol. The van der Waals surface area contributed by atoms with Crippen molar-refractivity contribution in [3.8, 4) is 11.5 Å². The summed E-state index contributed by atoms with van der Waals surface area (Å²) in [7, 11) is 4.95. The van der Waals surface area contributed by atoms with Crippen LogP contribution in [-0.4, -0.2) is 51.8 Å². The molecule has 1 fully saturated rings. The minimum Gasteiger partial charge on any atom is -0.493 e. The highest BCUT2D eigenvalue weighted by Crippen LogP contribution is 2.34. The topological polar surface area (TPSA) is 48.0 Å². The van der Waals surface area contributed by atoms with Gasteiger partial charge < -0.3 is 19.1 Å². The first-order valence-electron chi connectivity index (χ1n) is 7.55. The Morgan fingerprint density at radius 1 is 1.27 bits per heavy atom. The maximum absolute atomic E-state index is 12.8. The first kappa shape index (κ1) is 16.6. The van der Waals surface area contributed by atoms with E-state index in [4.69, 9.17) is 14.2 Å². The molecule has 0 spiro atoms. The molecule has 1 aliphatic heterocycles. The Bertz CT molecular complexity index is 523. The van der Waals surface area contributed by atoms with Crippen LogP contribution in [-0.2, 0) is 4.74 Å². The summed E-state index contributed by atoms with van der Waals surface area (Å²) in [4.78, 5) is 14.5. The predicted octanol–water partition coefficient (Wildman–Crippen LogP) is 2.59. The van der Waals surface area contributed by atoms with Crippen molar-refractivity contribution < 1.29 is 19.0 Å². The summed E-state index contributed by atoms with van der Waals surface area (Å²) >= 11 is 0. The first-order valence-corrected chi connectivity index (χ1v) is 7.55. The van der Waals surface area contributed by atoms with E-state index in [-0.39, 0.29) is 11.3 Å². The van der Waals surface area contributed by atoms with Gasteiger partial charge in [0.2, 0.25) is 0 Å². The second-order valence-corrected chi connectivity index (χ2v) is 6.13. The van der Waals surface area contributed by atoms with Crippen molar-refractivity contribution >= 4 is 5.91 Å². The third-order valence-corrected chi connectivity index (χ3v) is 4.30. The quantitative estimate of drug-likeness (QED) is 0.839. The monoisotopic (exact) mass is 307 g/mol. The van der Waals surface area contributed by atoms with Gasteiger partial charge in [-0.25, -0.2) is 0 Å². The molecule has 1 heterocycles. The van der Waals surface area contributed by atoms with Gasteiger partial charge in [0, 0.05) is 26.8 Å². The zero-order valence-electron chi connectivity index (χ0n) is 13.8. The smallest absolute Gasteiger partial charge is 0.257 e. The summed E-state index contributed by atoms with van der Waals surface area (Å²) in [6, 6.07) is 5.36. The van der Waals surface area contributed by atoms with E-state index in [1.807, 2.05) is 7.05 Å². The molecule has 0 aliphatic carbocycles. The lowest BCUT2D eigenvalue weighted by Crippen LogP contribution is -2.40. The summed E-state index contributed by atoms with van der Waals surface area (Å²) in [5.74, 6) is 1.00. The van der Waals surface area contributed by atoms with E-state index in [9.17, 15) is 4.79 Å². The number of carbonyl (C=O) groups excluding carboxylic acids is 1. The van der Waals surface area contributed by atoms with Crippen molar-refractivity contribution in [2.24, 2.45) is 5.41 Å². The summed E-state index contributed by atoms with van der Waals surface area (Å²) in [6.07, 6.45) is 1.94. The standard InChI is InChI=1S/C17H25NO4/c1-17(8-10-22-11-9-17)12-18(2)16(19)13-6-5-7-14(20-3)15(13)21-4/h5-7H,8-12H2,1-4H3. The highest BCUT2D eigenvalue weighted by atomic mass is 16.5. The average molecular weight is 307 g/mol. The van der Waals surface area contributed by atoms with Crippen LogP contribution in [0.25, 0.3) is 0 Å². The van der Waals surface area contributed by atoms with E-state index >= 15 is 0 Å². The van der Waals surface area contributed by atoms with Crippen LogP contribution in [0, 0.1) is 5.41 Å². The van der Waals surface area contributed by atoms with Crippen molar-refractivity contribution in [1.29, 1.82) is 0 Å². The zero-order chi connectivity index (χ0) is 16.2. The van der Waals surface area contributed by atoms with Gasteiger partial charge in [-0.05, 0) is 30.4 Å². The molecular formula is C17H25NO4. The van der Waals surface area contributed by atoms with Gasteiger partial charge in [-0.1, -0.05) is 13.0 Å². The van der Waals surface area contributed by atoms with Crippen LogP contribution in [0.2, 0.25) is 0 Å². The van der Waals surface area contributed by atoms with Gasteiger partial charge in [0.15, 0.2) is 11.5 Å². The fourth-order valence-corrected chi connectivity index (χ4v) is 2.93.